The third-order valence-electron chi connectivity index (χ3n) is 4.34. The highest BCUT2D eigenvalue weighted by Crippen LogP contribution is 2.13. The summed E-state index contributed by atoms with van der Waals surface area (Å²) in [5, 5.41) is 0. The Kier molecular flexibility index (Phi) is 17.2. The summed E-state index contributed by atoms with van der Waals surface area (Å²) in [6.07, 6.45) is 16.9. The number of hydrogen-bond acceptors (Lipinski definition) is 5. The van der Waals surface area contributed by atoms with E-state index in [9.17, 15) is 9.59 Å². The predicted molar refractivity (Wildman–Crippen MR) is 104 cm³/mol. The number of methoxy groups -OCH3 is 2. The Morgan fingerprint density at radius 1 is 0.846 bits per heavy atom. The van der Waals surface area contributed by atoms with Crippen LogP contribution in [-0.2, 0) is 19.0 Å². The molecule has 0 aromatic rings. The van der Waals surface area contributed by atoms with E-state index in [2.05, 4.69) is 22.5 Å². The van der Waals surface area contributed by atoms with Crippen LogP contribution in [0.3, 0.4) is 0 Å². The van der Waals surface area contributed by atoms with Crippen molar-refractivity contribution in [3.8, 4) is 0 Å². The molecule has 0 rings (SSSR count). The number of hydrogen-bond donors (Lipinski definition) is 0. The molecule has 0 aromatic heterocycles. The first-order chi connectivity index (χ1) is 12.6. The minimum atomic E-state index is -0.634. The molecule has 0 saturated carbocycles. The van der Waals surface area contributed by atoms with Crippen molar-refractivity contribution in [2.45, 2.75) is 96.5 Å². The highest BCUT2D eigenvalue weighted by molar-refractivity contribution is 5.68. The molecule has 5 nitrogen and oxygen atoms in total. The summed E-state index contributed by atoms with van der Waals surface area (Å²) in [6.45, 7) is 2.23. The molecule has 5 heteroatoms. The lowest BCUT2D eigenvalue weighted by Gasteiger charge is -2.13. The molecule has 0 aliphatic carbocycles. The van der Waals surface area contributed by atoms with Gasteiger partial charge in [-0.1, -0.05) is 57.9 Å². The minimum Gasteiger partial charge on any atom is -0.469 e. The lowest BCUT2D eigenvalue weighted by atomic mass is 10.1. The number of rotatable bonds is 16. The van der Waals surface area contributed by atoms with Crippen molar-refractivity contribution in [1.29, 1.82) is 0 Å². The standard InChI is InChI=1S/C21H38O5/c1-4-5-6-7-8-9-10-13-16-19(26-21(23)25-3)17-14-11-12-15-18-20(22)24-2/h13,16,19H,4-12,14-15,17-18H2,1-3H3/b16-13+. The van der Waals surface area contributed by atoms with Crippen LogP contribution in [0, 0.1) is 0 Å². The van der Waals surface area contributed by atoms with Gasteiger partial charge in [0.05, 0.1) is 14.2 Å². The molecule has 1 unspecified atom stereocenters. The van der Waals surface area contributed by atoms with Gasteiger partial charge in [0.25, 0.3) is 0 Å². The number of carbonyl (C=O) groups is 2. The highest BCUT2D eigenvalue weighted by Gasteiger charge is 2.11. The van der Waals surface area contributed by atoms with Crippen LogP contribution in [0.5, 0.6) is 0 Å². The van der Waals surface area contributed by atoms with Gasteiger partial charge >= 0.3 is 12.1 Å². The highest BCUT2D eigenvalue weighted by atomic mass is 16.7. The van der Waals surface area contributed by atoms with Gasteiger partial charge < -0.3 is 14.2 Å². The number of ether oxygens (including phenoxy) is 3. The molecule has 152 valence electrons. The first-order valence-electron chi connectivity index (χ1n) is 10.1. The number of unbranched alkanes of at least 4 members (excludes halogenated alkanes) is 9. The summed E-state index contributed by atoms with van der Waals surface area (Å²) in [6, 6.07) is 0. The Morgan fingerprint density at radius 3 is 2.19 bits per heavy atom. The van der Waals surface area contributed by atoms with E-state index in [0.29, 0.717) is 6.42 Å². The van der Waals surface area contributed by atoms with Crippen LogP contribution in [0.4, 0.5) is 4.79 Å². The molecule has 0 aliphatic heterocycles. The van der Waals surface area contributed by atoms with E-state index in [0.717, 1.165) is 38.5 Å². The van der Waals surface area contributed by atoms with Gasteiger partial charge in [0.2, 0.25) is 0 Å². The zero-order chi connectivity index (χ0) is 19.5. The van der Waals surface area contributed by atoms with E-state index in [-0.39, 0.29) is 12.1 Å². The molecule has 1 atom stereocenters. The van der Waals surface area contributed by atoms with Crippen LogP contribution in [0.2, 0.25) is 0 Å². The van der Waals surface area contributed by atoms with E-state index < -0.39 is 6.16 Å². The Hall–Kier alpha value is -1.52. The fourth-order valence-corrected chi connectivity index (χ4v) is 2.73. The molecule has 0 spiro atoms. The van der Waals surface area contributed by atoms with Crippen molar-refractivity contribution in [3.05, 3.63) is 12.2 Å². The molecule has 0 amide bonds. The van der Waals surface area contributed by atoms with Gasteiger partial charge in [0.15, 0.2) is 0 Å². The predicted octanol–water partition coefficient (Wildman–Crippen LogP) is 5.96. The average molecular weight is 371 g/mol. The molecule has 0 aliphatic rings. The Bertz CT molecular complexity index is 379. The van der Waals surface area contributed by atoms with Gasteiger partial charge in [-0.05, 0) is 38.2 Å². The third kappa shape index (κ3) is 16.0. The normalized spacial score (nSPS) is 12.1. The summed E-state index contributed by atoms with van der Waals surface area (Å²) in [5.41, 5.74) is 0. The van der Waals surface area contributed by atoms with Crippen molar-refractivity contribution >= 4 is 12.1 Å². The van der Waals surface area contributed by atoms with E-state index in [1.165, 1.54) is 52.7 Å². The van der Waals surface area contributed by atoms with Gasteiger partial charge in [-0.3, -0.25) is 4.79 Å². The summed E-state index contributed by atoms with van der Waals surface area (Å²) in [5.74, 6) is -0.158. The Balaban J connectivity index is 3.94. The van der Waals surface area contributed by atoms with E-state index in [1.807, 2.05) is 6.08 Å². The Labute approximate surface area is 159 Å². The quantitative estimate of drug-likeness (QED) is 0.191. The van der Waals surface area contributed by atoms with E-state index in [1.54, 1.807) is 0 Å². The molecule has 0 aromatic carbocycles. The lowest BCUT2D eigenvalue weighted by molar-refractivity contribution is -0.140. The molecular formula is C21H38O5. The molecule has 0 fully saturated rings. The molecule has 26 heavy (non-hydrogen) atoms. The summed E-state index contributed by atoms with van der Waals surface area (Å²) in [4.78, 5) is 22.4. The topological polar surface area (TPSA) is 61.8 Å². The lowest BCUT2D eigenvalue weighted by Crippen LogP contribution is -2.16. The van der Waals surface area contributed by atoms with Crippen molar-refractivity contribution < 1.29 is 23.8 Å². The van der Waals surface area contributed by atoms with Crippen molar-refractivity contribution in [2.24, 2.45) is 0 Å². The zero-order valence-corrected chi connectivity index (χ0v) is 17.0. The molecule has 0 saturated heterocycles. The average Bonchev–Trinajstić information content (AvgIpc) is 2.65. The number of allylic oxidation sites excluding steroid dienone is 1. The summed E-state index contributed by atoms with van der Waals surface area (Å²) < 4.78 is 14.5. The fraction of sp³-hybridized carbons (Fsp3) is 0.810. The van der Waals surface area contributed by atoms with Crippen LogP contribution in [0.25, 0.3) is 0 Å². The number of esters is 1. The largest absolute Gasteiger partial charge is 0.508 e. The third-order valence-corrected chi connectivity index (χ3v) is 4.34. The zero-order valence-electron chi connectivity index (χ0n) is 17.0. The van der Waals surface area contributed by atoms with E-state index >= 15 is 0 Å². The summed E-state index contributed by atoms with van der Waals surface area (Å²) >= 11 is 0. The van der Waals surface area contributed by atoms with Crippen LogP contribution in [-0.4, -0.2) is 32.4 Å². The van der Waals surface area contributed by atoms with Crippen molar-refractivity contribution in [3.63, 3.8) is 0 Å². The van der Waals surface area contributed by atoms with Crippen LogP contribution < -0.4 is 0 Å². The first-order valence-corrected chi connectivity index (χ1v) is 10.1. The van der Waals surface area contributed by atoms with Crippen molar-refractivity contribution in [1.82, 2.24) is 0 Å². The maximum Gasteiger partial charge on any atom is 0.508 e. The molecule has 0 radical (unpaired) electrons. The monoisotopic (exact) mass is 370 g/mol. The fourth-order valence-electron chi connectivity index (χ4n) is 2.73. The van der Waals surface area contributed by atoms with E-state index in [4.69, 9.17) is 4.74 Å². The Morgan fingerprint density at radius 2 is 1.50 bits per heavy atom. The first kappa shape index (κ1) is 24.5. The van der Waals surface area contributed by atoms with Gasteiger partial charge in [-0.2, -0.15) is 0 Å². The van der Waals surface area contributed by atoms with Crippen molar-refractivity contribution in [2.75, 3.05) is 14.2 Å². The second kappa shape index (κ2) is 18.3. The second-order valence-electron chi connectivity index (χ2n) is 6.62. The van der Waals surface area contributed by atoms with Crippen LogP contribution >= 0.6 is 0 Å². The maximum absolute atomic E-state index is 11.4. The van der Waals surface area contributed by atoms with Gasteiger partial charge in [-0.25, -0.2) is 4.79 Å². The minimum absolute atomic E-state index is 0.158. The van der Waals surface area contributed by atoms with Gasteiger partial charge in [0, 0.05) is 6.42 Å². The SMILES string of the molecule is CCCCCCCC/C=C/C(CCCCCCC(=O)OC)OC(=O)OC. The van der Waals surface area contributed by atoms with Crippen LogP contribution in [0.15, 0.2) is 12.2 Å². The summed E-state index contributed by atoms with van der Waals surface area (Å²) in [7, 11) is 2.74. The van der Waals surface area contributed by atoms with Gasteiger partial charge in [-0.15, -0.1) is 0 Å². The molecule has 0 heterocycles. The molecule has 0 N–H and O–H groups in total. The maximum atomic E-state index is 11.4. The molecule has 0 bridgehead atoms. The van der Waals surface area contributed by atoms with Gasteiger partial charge in [0.1, 0.15) is 6.10 Å². The molecular weight excluding hydrogens is 332 g/mol. The number of carbonyl (C=O) groups excluding carboxylic acids is 2. The van der Waals surface area contributed by atoms with Crippen LogP contribution in [0.1, 0.15) is 90.4 Å². The second-order valence-corrected chi connectivity index (χ2v) is 6.62. The smallest absolute Gasteiger partial charge is 0.469 e.